The van der Waals surface area contributed by atoms with Gasteiger partial charge in [0.2, 0.25) is 0 Å². The number of unbranched alkanes of at least 4 members (excludes halogenated alkanes) is 1. The van der Waals surface area contributed by atoms with E-state index in [1.807, 2.05) is 0 Å². The second kappa shape index (κ2) is 8.13. The Labute approximate surface area is 112 Å². The van der Waals surface area contributed by atoms with E-state index in [0.717, 1.165) is 44.8 Å². The molecule has 3 heteroatoms. The highest BCUT2D eigenvalue weighted by Crippen LogP contribution is 2.24. The Morgan fingerprint density at radius 2 is 2.00 bits per heavy atom. The van der Waals surface area contributed by atoms with Gasteiger partial charge in [-0.3, -0.25) is 0 Å². The molecule has 2 N–H and O–H groups in total. The summed E-state index contributed by atoms with van der Waals surface area (Å²) in [7, 11) is 0. The number of ether oxygens (including phenoxy) is 1. The summed E-state index contributed by atoms with van der Waals surface area (Å²) >= 11 is 0. The molecule has 0 amide bonds. The summed E-state index contributed by atoms with van der Waals surface area (Å²) in [5.41, 5.74) is -0.0842. The monoisotopic (exact) mass is 257 g/mol. The second-order valence-electron chi connectivity index (χ2n) is 6.39. The summed E-state index contributed by atoms with van der Waals surface area (Å²) in [6.45, 7) is 8.55. The molecule has 1 aliphatic carbocycles. The van der Waals surface area contributed by atoms with E-state index in [9.17, 15) is 5.11 Å². The van der Waals surface area contributed by atoms with Gasteiger partial charge in [-0.2, -0.15) is 0 Å². The summed E-state index contributed by atoms with van der Waals surface area (Å²) in [5.74, 6) is 0.727. The highest BCUT2D eigenvalue weighted by Gasteiger charge is 2.31. The van der Waals surface area contributed by atoms with E-state index in [0.29, 0.717) is 6.04 Å². The zero-order chi connectivity index (χ0) is 13.4. The van der Waals surface area contributed by atoms with Crippen molar-refractivity contribution in [1.82, 2.24) is 5.32 Å². The maximum Gasteiger partial charge on any atom is 0.0610 e. The number of aliphatic hydroxyl groups is 1. The van der Waals surface area contributed by atoms with Crippen molar-refractivity contribution in [2.75, 3.05) is 19.8 Å². The van der Waals surface area contributed by atoms with E-state index >= 15 is 0 Å². The van der Waals surface area contributed by atoms with Crippen LogP contribution in [0.3, 0.4) is 0 Å². The molecular formula is C15H31NO2. The van der Waals surface area contributed by atoms with Crippen molar-refractivity contribution < 1.29 is 9.84 Å². The van der Waals surface area contributed by atoms with Gasteiger partial charge in [0.25, 0.3) is 0 Å². The van der Waals surface area contributed by atoms with Crippen LogP contribution in [0.1, 0.15) is 59.3 Å². The molecule has 1 saturated carbocycles. The molecule has 1 aliphatic rings. The average Bonchev–Trinajstić information content (AvgIpc) is 3.11. The van der Waals surface area contributed by atoms with E-state index < -0.39 is 0 Å². The van der Waals surface area contributed by atoms with Crippen LogP contribution in [0.25, 0.3) is 0 Å². The van der Waals surface area contributed by atoms with Gasteiger partial charge in [-0.05, 0) is 51.4 Å². The van der Waals surface area contributed by atoms with Crippen LogP contribution >= 0.6 is 0 Å². The number of hydrogen-bond donors (Lipinski definition) is 2. The fraction of sp³-hybridized carbons (Fsp3) is 1.00. The minimum atomic E-state index is -0.0842. The first-order valence-electron chi connectivity index (χ1n) is 7.52. The van der Waals surface area contributed by atoms with E-state index in [2.05, 4.69) is 26.1 Å². The first-order chi connectivity index (χ1) is 8.56. The van der Waals surface area contributed by atoms with Crippen LogP contribution in [0.15, 0.2) is 0 Å². The molecule has 1 atom stereocenters. The van der Waals surface area contributed by atoms with Crippen molar-refractivity contribution >= 4 is 0 Å². The summed E-state index contributed by atoms with van der Waals surface area (Å²) in [6.07, 6.45) is 6.95. The Balaban J connectivity index is 1.97. The van der Waals surface area contributed by atoms with Crippen molar-refractivity contribution in [2.24, 2.45) is 5.92 Å². The van der Waals surface area contributed by atoms with Gasteiger partial charge in [-0.25, -0.2) is 0 Å². The van der Waals surface area contributed by atoms with Crippen LogP contribution in [0.5, 0.6) is 0 Å². The molecule has 0 heterocycles. The zero-order valence-corrected chi connectivity index (χ0v) is 12.4. The predicted molar refractivity (Wildman–Crippen MR) is 75.8 cm³/mol. The third kappa shape index (κ3) is 7.34. The van der Waals surface area contributed by atoms with Gasteiger partial charge in [-0.15, -0.1) is 0 Å². The normalized spacial score (nSPS) is 19.2. The molecule has 0 aromatic rings. The highest BCUT2D eigenvalue weighted by atomic mass is 16.5. The average molecular weight is 257 g/mol. The molecule has 18 heavy (non-hydrogen) atoms. The van der Waals surface area contributed by atoms with E-state index in [-0.39, 0.29) is 12.1 Å². The second-order valence-corrected chi connectivity index (χ2v) is 6.39. The zero-order valence-electron chi connectivity index (χ0n) is 12.4. The lowest BCUT2D eigenvalue weighted by atomic mass is 9.95. The van der Waals surface area contributed by atoms with Crippen molar-refractivity contribution in [3.63, 3.8) is 0 Å². The Kier molecular flexibility index (Phi) is 7.20. The third-order valence-electron chi connectivity index (χ3n) is 3.59. The quantitative estimate of drug-likeness (QED) is 0.559. The number of rotatable bonds is 11. The molecule has 0 bridgehead atoms. The summed E-state index contributed by atoms with van der Waals surface area (Å²) in [6, 6.07) is 0.657. The highest BCUT2D eigenvalue weighted by molar-refractivity contribution is 4.92. The summed E-state index contributed by atoms with van der Waals surface area (Å²) in [4.78, 5) is 0. The fourth-order valence-corrected chi connectivity index (χ4v) is 2.06. The number of aliphatic hydroxyl groups excluding tert-OH is 1. The SMILES string of the molecule is CC(C)CCOCCCCC(C)(CO)NC1CC1. The van der Waals surface area contributed by atoms with Crippen LogP contribution < -0.4 is 5.32 Å². The Morgan fingerprint density at radius 3 is 2.56 bits per heavy atom. The number of nitrogens with one attached hydrogen (secondary N) is 1. The van der Waals surface area contributed by atoms with Crippen LogP contribution in [-0.2, 0) is 4.74 Å². The van der Waals surface area contributed by atoms with Crippen LogP contribution in [0.2, 0.25) is 0 Å². The maximum absolute atomic E-state index is 9.47. The van der Waals surface area contributed by atoms with Crippen molar-refractivity contribution in [1.29, 1.82) is 0 Å². The molecule has 1 unspecified atom stereocenters. The molecular weight excluding hydrogens is 226 g/mol. The minimum absolute atomic E-state index is 0.0842. The lowest BCUT2D eigenvalue weighted by Gasteiger charge is -2.29. The molecule has 0 saturated heterocycles. The lowest BCUT2D eigenvalue weighted by Crippen LogP contribution is -2.46. The molecule has 1 fully saturated rings. The van der Waals surface area contributed by atoms with Crippen molar-refractivity contribution in [3.05, 3.63) is 0 Å². The largest absolute Gasteiger partial charge is 0.394 e. The smallest absolute Gasteiger partial charge is 0.0610 e. The topological polar surface area (TPSA) is 41.5 Å². The van der Waals surface area contributed by atoms with Gasteiger partial charge in [-0.1, -0.05) is 13.8 Å². The van der Waals surface area contributed by atoms with Crippen molar-refractivity contribution in [2.45, 2.75) is 70.9 Å². The predicted octanol–water partition coefficient (Wildman–Crippen LogP) is 2.72. The number of hydrogen-bond acceptors (Lipinski definition) is 3. The van der Waals surface area contributed by atoms with Gasteiger partial charge in [0, 0.05) is 24.8 Å². The van der Waals surface area contributed by atoms with E-state index in [4.69, 9.17) is 4.74 Å². The maximum atomic E-state index is 9.47. The molecule has 0 radical (unpaired) electrons. The molecule has 0 aliphatic heterocycles. The lowest BCUT2D eigenvalue weighted by molar-refractivity contribution is 0.113. The Hall–Kier alpha value is -0.120. The van der Waals surface area contributed by atoms with Gasteiger partial charge < -0.3 is 15.2 Å². The van der Waals surface area contributed by atoms with Gasteiger partial charge in [0.1, 0.15) is 0 Å². The van der Waals surface area contributed by atoms with Crippen LogP contribution in [-0.4, -0.2) is 36.5 Å². The Bertz CT molecular complexity index is 217. The van der Waals surface area contributed by atoms with Crippen LogP contribution in [0, 0.1) is 5.92 Å². The molecule has 0 spiro atoms. The van der Waals surface area contributed by atoms with E-state index in [1.54, 1.807) is 0 Å². The standard InChI is InChI=1S/C15H31NO2/c1-13(2)8-11-18-10-5-4-9-15(3,12-17)16-14-6-7-14/h13-14,16-17H,4-12H2,1-3H3. The third-order valence-corrected chi connectivity index (χ3v) is 3.59. The van der Waals surface area contributed by atoms with Gasteiger partial charge >= 0.3 is 0 Å². The molecule has 3 nitrogen and oxygen atoms in total. The van der Waals surface area contributed by atoms with Crippen molar-refractivity contribution in [3.8, 4) is 0 Å². The van der Waals surface area contributed by atoms with E-state index in [1.165, 1.54) is 12.8 Å². The minimum Gasteiger partial charge on any atom is -0.394 e. The molecule has 0 aromatic carbocycles. The Morgan fingerprint density at radius 1 is 1.28 bits per heavy atom. The van der Waals surface area contributed by atoms with Crippen LogP contribution in [0.4, 0.5) is 0 Å². The first-order valence-corrected chi connectivity index (χ1v) is 7.52. The van der Waals surface area contributed by atoms with Gasteiger partial charge in [0.15, 0.2) is 0 Å². The fourth-order valence-electron chi connectivity index (χ4n) is 2.06. The van der Waals surface area contributed by atoms with Gasteiger partial charge in [0.05, 0.1) is 6.61 Å². The first kappa shape index (κ1) is 15.9. The summed E-state index contributed by atoms with van der Waals surface area (Å²) < 4.78 is 5.60. The molecule has 108 valence electrons. The molecule has 1 rings (SSSR count). The summed E-state index contributed by atoms with van der Waals surface area (Å²) in [5, 5.41) is 13.0. The molecule has 0 aromatic heterocycles.